The van der Waals surface area contributed by atoms with Crippen LogP contribution in [0.2, 0.25) is 0 Å². The number of fused-ring (bicyclic) bond motifs is 1. The molecule has 0 saturated heterocycles. The van der Waals surface area contributed by atoms with E-state index in [0.717, 1.165) is 17.7 Å². The minimum atomic E-state index is -0.541. The van der Waals surface area contributed by atoms with E-state index < -0.39 is 5.41 Å². The number of hydrogen-bond donors (Lipinski definition) is 1. The lowest BCUT2D eigenvalue weighted by Gasteiger charge is -2.24. The van der Waals surface area contributed by atoms with Crippen LogP contribution in [-0.4, -0.2) is 5.91 Å². The van der Waals surface area contributed by atoms with Gasteiger partial charge in [0.2, 0.25) is 5.91 Å². The summed E-state index contributed by atoms with van der Waals surface area (Å²) in [5.74, 6) is 0.0339. The Balaban J connectivity index is 1.80. The van der Waals surface area contributed by atoms with Crippen molar-refractivity contribution in [1.29, 1.82) is 0 Å². The fraction of sp³-hybridized carbons (Fsp3) is 0.316. The highest BCUT2D eigenvalue weighted by atomic mass is 16.2. The van der Waals surface area contributed by atoms with Gasteiger partial charge in [-0.25, -0.2) is 0 Å². The smallest absolute Gasteiger partial charge is 0.234 e. The number of amides is 1. The molecule has 21 heavy (non-hydrogen) atoms. The quantitative estimate of drug-likeness (QED) is 0.900. The van der Waals surface area contributed by atoms with Gasteiger partial charge in [-0.2, -0.15) is 0 Å². The number of benzene rings is 2. The highest BCUT2D eigenvalue weighted by molar-refractivity contribution is 5.98. The third-order valence-corrected chi connectivity index (χ3v) is 4.42. The van der Waals surface area contributed by atoms with Gasteiger partial charge >= 0.3 is 0 Å². The number of hydrogen-bond acceptors (Lipinski definition) is 1. The van der Waals surface area contributed by atoms with Crippen molar-refractivity contribution in [2.75, 3.05) is 5.32 Å². The summed E-state index contributed by atoms with van der Waals surface area (Å²) < 4.78 is 0. The molecule has 3 rings (SSSR count). The van der Waals surface area contributed by atoms with Crippen LogP contribution in [0.25, 0.3) is 0 Å². The van der Waals surface area contributed by atoms with Gasteiger partial charge in [-0.15, -0.1) is 0 Å². The first-order chi connectivity index (χ1) is 10.1. The second-order valence-corrected chi connectivity index (χ2v) is 6.28. The molecule has 1 amide bonds. The van der Waals surface area contributed by atoms with E-state index in [-0.39, 0.29) is 5.91 Å². The van der Waals surface area contributed by atoms with Crippen LogP contribution in [0.3, 0.4) is 0 Å². The topological polar surface area (TPSA) is 29.1 Å². The summed E-state index contributed by atoms with van der Waals surface area (Å²) >= 11 is 0. The predicted molar refractivity (Wildman–Crippen MR) is 86.6 cm³/mol. The van der Waals surface area contributed by atoms with Gasteiger partial charge in [0, 0.05) is 5.69 Å². The zero-order valence-electron chi connectivity index (χ0n) is 12.6. The molecule has 0 aromatic heterocycles. The molecule has 0 radical (unpaired) electrons. The Hall–Kier alpha value is -2.09. The van der Waals surface area contributed by atoms with Crippen LogP contribution in [0.5, 0.6) is 0 Å². The largest absolute Gasteiger partial charge is 0.325 e. The summed E-state index contributed by atoms with van der Waals surface area (Å²) in [6, 6.07) is 16.2. The molecule has 1 aliphatic carbocycles. The number of carbonyl (C=O) groups is 1. The second-order valence-electron chi connectivity index (χ2n) is 6.28. The van der Waals surface area contributed by atoms with Crippen molar-refractivity contribution in [2.45, 2.75) is 38.5 Å². The highest BCUT2D eigenvalue weighted by Crippen LogP contribution is 2.28. The molecule has 0 atom stereocenters. The lowest BCUT2D eigenvalue weighted by molar-refractivity contribution is -0.120. The zero-order chi connectivity index (χ0) is 14.9. The van der Waals surface area contributed by atoms with Crippen LogP contribution in [0.15, 0.2) is 48.5 Å². The van der Waals surface area contributed by atoms with E-state index in [1.54, 1.807) is 0 Å². The van der Waals surface area contributed by atoms with E-state index >= 15 is 0 Å². The molecule has 2 heteroatoms. The number of nitrogens with one attached hydrogen (secondary N) is 1. The van der Waals surface area contributed by atoms with Crippen LogP contribution in [0.1, 0.15) is 37.0 Å². The van der Waals surface area contributed by atoms with Crippen LogP contribution >= 0.6 is 0 Å². The minimum Gasteiger partial charge on any atom is -0.325 e. The maximum absolute atomic E-state index is 12.6. The van der Waals surface area contributed by atoms with Crippen LogP contribution in [-0.2, 0) is 23.1 Å². The van der Waals surface area contributed by atoms with Gasteiger partial charge in [-0.05, 0) is 61.9 Å². The SMILES string of the molecule is CC(C)(C(=O)Nc1ccc2c(c1)CCC2)c1ccccc1. The highest BCUT2D eigenvalue weighted by Gasteiger charge is 2.29. The average molecular weight is 279 g/mol. The van der Waals surface area contributed by atoms with Crippen LogP contribution in [0, 0.1) is 0 Å². The molecule has 2 aromatic carbocycles. The van der Waals surface area contributed by atoms with Gasteiger partial charge in [-0.3, -0.25) is 4.79 Å². The predicted octanol–water partition coefficient (Wildman–Crippen LogP) is 4.09. The number of carbonyl (C=O) groups excluding carboxylic acids is 1. The van der Waals surface area contributed by atoms with Gasteiger partial charge in [-0.1, -0.05) is 36.4 Å². The summed E-state index contributed by atoms with van der Waals surface area (Å²) in [5.41, 5.74) is 4.20. The summed E-state index contributed by atoms with van der Waals surface area (Å²) in [5, 5.41) is 3.07. The van der Waals surface area contributed by atoms with Gasteiger partial charge in [0.1, 0.15) is 0 Å². The maximum atomic E-state index is 12.6. The van der Waals surface area contributed by atoms with Gasteiger partial charge < -0.3 is 5.32 Å². The summed E-state index contributed by atoms with van der Waals surface area (Å²) in [6.07, 6.45) is 3.52. The Kier molecular flexibility index (Phi) is 3.54. The fourth-order valence-electron chi connectivity index (χ4n) is 2.92. The van der Waals surface area contributed by atoms with E-state index in [0.29, 0.717) is 0 Å². The first kappa shape index (κ1) is 13.9. The molecule has 0 unspecified atom stereocenters. The number of rotatable bonds is 3. The summed E-state index contributed by atoms with van der Waals surface area (Å²) in [4.78, 5) is 12.6. The van der Waals surface area contributed by atoms with Crippen molar-refractivity contribution < 1.29 is 4.79 Å². The third kappa shape index (κ3) is 2.71. The number of anilines is 1. The molecule has 0 bridgehead atoms. The van der Waals surface area contributed by atoms with Gasteiger partial charge in [0.25, 0.3) is 0 Å². The third-order valence-electron chi connectivity index (χ3n) is 4.42. The first-order valence-electron chi connectivity index (χ1n) is 7.56. The lowest BCUT2D eigenvalue weighted by Crippen LogP contribution is -2.34. The molecule has 0 saturated carbocycles. The van der Waals surface area contributed by atoms with Gasteiger partial charge in [0.15, 0.2) is 0 Å². The van der Waals surface area contributed by atoms with Crippen molar-refractivity contribution in [3.63, 3.8) is 0 Å². The molecule has 0 fully saturated rings. The Morgan fingerprint density at radius 3 is 2.48 bits per heavy atom. The summed E-state index contributed by atoms with van der Waals surface area (Å²) in [6.45, 7) is 3.93. The van der Waals surface area contributed by atoms with E-state index in [9.17, 15) is 4.79 Å². The normalized spacial score (nSPS) is 13.8. The van der Waals surface area contributed by atoms with E-state index in [2.05, 4.69) is 17.4 Å². The molecule has 1 aliphatic rings. The Morgan fingerprint density at radius 2 is 1.71 bits per heavy atom. The van der Waals surface area contributed by atoms with E-state index in [4.69, 9.17) is 0 Å². The monoisotopic (exact) mass is 279 g/mol. The number of aryl methyl sites for hydroxylation is 2. The first-order valence-corrected chi connectivity index (χ1v) is 7.56. The van der Waals surface area contributed by atoms with Crippen molar-refractivity contribution in [2.24, 2.45) is 0 Å². The van der Waals surface area contributed by atoms with Crippen molar-refractivity contribution in [1.82, 2.24) is 0 Å². The maximum Gasteiger partial charge on any atom is 0.234 e. The van der Waals surface area contributed by atoms with Crippen LogP contribution < -0.4 is 5.32 Å². The molecule has 2 aromatic rings. The average Bonchev–Trinajstić information content (AvgIpc) is 2.95. The van der Waals surface area contributed by atoms with E-state index in [1.807, 2.05) is 50.2 Å². The van der Waals surface area contributed by atoms with Gasteiger partial charge in [0.05, 0.1) is 5.41 Å². The second kappa shape index (κ2) is 5.36. The summed E-state index contributed by atoms with van der Waals surface area (Å²) in [7, 11) is 0. The molecule has 0 aliphatic heterocycles. The molecule has 0 spiro atoms. The molecule has 0 heterocycles. The zero-order valence-corrected chi connectivity index (χ0v) is 12.6. The molecular formula is C19H21NO. The van der Waals surface area contributed by atoms with Crippen molar-refractivity contribution in [3.05, 3.63) is 65.2 Å². The Bertz CT molecular complexity index is 659. The minimum absolute atomic E-state index is 0.0339. The van der Waals surface area contributed by atoms with Crippen LogP contribution in [0.4, 0.5) is 5.69 Å². The Morgan fingerprint density at radius 1 is 1.00 bits per heavy atom. The van der Waals surface area contributed by atoms with Crippen molar-refractivity contribution in [3.8, 4) is 0 Å². The Labute approximate surface area is 126 Å². The van der Waals surface area contributed by atoms with E-state index in [1.165, 1.54) is 24.0 Å². The lowest BCUT2D eigenvalue weighted by atomic mass is 9.83. The molecular weight excluding hydrogens is 258 g/mol. The molecule has 2 nitrogen and oxygen atoms in total. The molecule has 1 N–H and O–H groups in total. The standard InChI is InChI=1S/C19H21NO/c1-19(2,16-9-4-3-5-10-16)18(21)20-17-12-11-14-7-6-8-15(14)13-17/h3-5,9-13H,6-8H2,1-2H3,(H,20,21). The molecule has 108 valence electrons. The fourth-order valence-corrected chi connectivity index (χ4v) is 2.92. The van der Waals surface area contributed by atoms with Crippen molar-refractivity contribution >= 4 is 11.6 Å².